The van der Waals surface area contributed by atoms with E-state index in [2.05, 4.69) is 0 Å². The molecule has 1 atom stereocenters. The lowest BCUT2D eigenvalue weighted by Crippen LogP contribution is -2.47. The van der Waals surface area contributed by atoms with Gasteiger partial charge in [-0.3, -0.25) is 9.59 Å². The minimum atomic E-state index is -1.66. The van der Waals surface area contributed by atoms with Gasteiger partial charge in [0.15, 0.2) is 0 Å². The first-order chi connectivity index (χ1) is 7.22. The highest BCUT2D eigenvalue weighted by Crippen LogP contribution is 2.19. The molecule has 0 aliphatic rings. The zero-order valence-corrected chi connectivity index (χ0v) is 9.06. The van der Waals surface area contributed by atoms with Crippen molar-refractivity contribution in [3.63, 3.8) is 0 Å². The maximum Gasteiger partial charge on any atom is 0.374 e. The molecule has 7 nitrogen and oxygen atoms in total. The van der Waals surface area contributed by atoms with Crippen LogP contribution in [0.4, 0.5) is 0 Å². The van der Waals surface area contributed by atoms with Gasteiger partial charge in [0.25, 0.3) is 5.78 Å². The van der Waals surface area contributed by atoms with Gasteiger partial charge in [0.05, 0.1) is 13.2 Å². The van der Waals surface area contributed by atoms with Gasteiger partial charge in [0, 0.05) is 5.41 Å². The summed E-state index contributed by atoms with van der Waals surface area (Å²) in [6, 6.07) is 0. The number of amides is 1. The highest BCUT2D eigenvalue weighted by atomic mass is 16.4. The summed E-state index contributed by atoms with van der Waals surface area (Å²) in [4.78, 5) is 32.0. The molecule has 0 radical (unpaired) electrons. The second kappa shape index (κ2) is 5.57. The van der Waals surface area contributed by atoms with E-state index in [-0.39, 0.29) is 0 Å². The van der Waals surface area contributed by atoms with Crippen molar-refractivity contribution in [2.75, 3.05) is 13.2 Å². The Morgan fingerprint density at radius 2 is 1.81 bits per heavy atom. The molecule has 4 N–H and O–H groups in total. The number of aliphatic hydroxyl groups excluding tert-OH is 2. The number of carbonyl (C=O) groups excluding carboxylic acids is 2. The van der Waals surface area contributed by atoms with E-state index in [1.807, 2.05) is 5.32 Å². The second-order valence-electron chi connectivity index (χ2n) is 4.00. The average molecular weight is 233 g/mol. The standard InChI is InChI=1S/C9H15NO6/c1-9(2,4-11)6(13)7(14)10-3-5(12)8(15)16/h6,11,13H,3-4H2,1-2H3,(H,10,14)(H,15,16). The summed E-state index contributed by atoms with van der Waals surface area (Å²) < 4.78 is 0. The van der Waals surface area contributed by atoms with E-state index in [0.29, 0.717) is 0 Å². The Morgan fingerprint density at radius 1 is 1.31 bits per heavy atom. The molecular weight excluding hydrogens is 218 g/mol. The SMILES string of the molecule is CC(C)(CO)C(O)C(=O)NCC(=O)C(=O)O. The molecular formula is C9H15NO6. The van der Waals surface area contributed by atoms with Crippen LogP contribution in [-0.4, -0.2) is 52.2 Å². The lowest BCUT2D eigenvalue weighted by molar-refractivity contribution is -0.149. The van der Waals surface area contributed by atoms with Crippen LogP contribution in [0.3, 0.4) is 0 Å². The molecule has 1 unspecified atom stereocenters. The summed E-state index contributed by atoms with van der Waals surface area (Å²) in [5.74, 6) is -3.73. The van der Waals surface area contributed by atoms with E-state index in [9.17, 15) is 19.5 Å². The van der Waals surface area contributed by atoms with E-state index in [1.54, 1.807) is 0 Å². The minimum Gasteiger partial charge on any atom is -0.475 e. The number of aliphatic hydroxyl groups is 2. The van der Waals surface area contributed by atoms with Gasteiger partial charge in [-0.05, 0) is 0 Å². The van der Waals surface area contributed by atoms with Crippen LogP contribution in [0.25, 0.3) is 0 Å². The van der Waals surface area contributed by atoms with E-state index >= 15 is 0 Å². The largest absolute Gasteiger partial charge is 0.475 e. The Balaban J connectivity index is 4.28. The summed E-state index contributed by atoms with van der Waals surface area (Å²) in [5.41, 5.74) is -1.06. The monoisotopic (exact) mass is 233 g/mol. The number of hydrogen-bond donors (Lipinski definition) is 4. The van der Waals surface area contributed by atoms with Gasteiger partial charge in [-0.2, -0.15) is 0 Å². The quantitative estimate of drug-likeness (QED) is 0.399. The average Bonchev–Trinajstić information content (AvgIpc) is 2.23. The minimum absolute atomic E-state index is 0.422. The Bertz CT molecular complexity index is 298. The van der Waals surface area contributed by atoms with Crippen molar-refractivity contribution in [2.24, 2.45) is 5.41 Å². The normalized spacial score (nSPS) is 13.0. The van der Waals surface area contributed by atoms with Crippen molar-refractivity contribution in [2.45, 2.75) is 20.0 Å². The summed E-state index contributed by atoms with van der Waals surface area (Å²) in [6.07, 6.45) is -1.51. The van der Waals surface area contributed by atoms with Crippen LogP contribution < -0.4 is 5.32 Å². The van der Waals surface area contributed by atoms with Crippen LogP contribution in [0, 0.1) is 5.41 Å². The van der Waals surface area contributed by atoms with Gasteiger partial charge in [-0.1, -0.05) is 13.8 Å². The first kappa shape index (κ1) is 14.5. The number of ketones is 1. The van der Waals surface area contributed by atoms with Crippen LogP contribution in [0.2, 0.25) is 0 Å². The van der Waals surface area contributed by atoms with Crippen LogP contribution in [-0.2, 0) is 14.4 Å². The highest BCUT2D eigenvalue weighted by Gasteiger charge is 2.33. The first-order valence-electron chi connectivity index (χ1n) is 4.55. The van der Waals surface area contributed by atoms with E-state index in [1.165, 1.54) is 13.8 Å². The number of carbonyl (C=O) groups is 3. The number of Topliss-reactive ketones (excluding diaryl/α,β-unsaturated/α-hetero) is 1. The van der Waals surface area contributed by atoms with Crippen molar-refractivity contribution in [3.05, 3.63) is 0 Å². The maximum atomic E-state index is 11.3. The summed E-state index contributed by atoms with van der Waals surface area (Å²) >= 11 is 0. The third-order valence-corrected chi connectivity index (χ3v) is 2.06. The smallest absolute Gasteiger partial charge is 0.374 e. The molecule has 0 rings (SSSR count). The number of carboxylic acid groups (broad SMARTS) is 1. The fourth-order valence-electron chi connectivity index (χ4n) is 0.781. The molecule has 0 aliphatic carbocycles. The van der Waals surface area contributed by atoms with E-state index < -0.39 is 42.3 Å². The zero-order valence-electron chi connectivity index (χ0n) is 9.06. The second-order valence-corrected chi connectivity index (χ2v) is 4.00. The number of rotatable bonds is 6. The summed E-state index contributed by atoms with van der Waals surface area (Å²) in [7, 11) is 0. The molecule has 0 saturated carbocycles. The zero-order chi connectivity index (χ0) is 12.9. The van der Waals surface area contributed by atoms with Gasteiger partial charge in [0.2, 0.25) is 5.91 Å². The summed E-state index contributed by atoms with van der Waals surface area (Å²) in [5, 5.41) is 28.6. The van der Waals surface area contributed by atoms with Gasteiger partial charge in [-0.15, -0.1) is 0 Å². The molecule has 16 heavy (non-hydrogen) atoms. The van der Waals surface area contributed by atoms with Crippen molar-refractivity contribution >= 4 is 17.7 Å². The molecule has 1 amide bonds. The molecule has 92 valence electrons. The fourth-order valence-corrected chi connectivity index (χ4v) is 0.781. The molecule has 0 aliphatic heterocycles. The van der Waals surface area contributed by atoms with Crippen molar-refractivity contribution in [1.82, 2.24) is 5.32 Å². The molecule has 0 saturated heterocycles. The van der Waals surface area contributed by atoms with Crippen molar-refractivity contribution in [3.8, 4) is 0 Å². The van der Waals surface area contributed by atoms with Crippen molar-refractivity contribution < 1.29 is 29.7 Å². The fraction of sp³-hybridized carbons (Fsp3) is 0.667. The third kappa shape index (κ3) is 3.95. The van der Waals surface area contributed by atoms with Crippen molar-refractivity contribution in [1.29, 1.82) is 0 Å². The van der Waals surface area contributed by atoms with Crippen LogP contribution in [0.5, 0.6) is 0 Å². The van der Waals surface area contributed by atoms with Crippen LogP contribution in [0.15, 0.2) is 0 Å². The lowest BCUT2D eigenvalue weighted by atomic mass is 9.87. The number of carboxylic acids is 1. The van der Waals surface area contributed by atoms with Gasteiger partial charge < -0.3 is 20.6 Å². The summed E-state index contributed by atoms with van der Waals surface area (Å²) in [6.45, 7) is 1.80. The first-order valence-corrected chi connectivity index (χ1v) is 4.55. The van der Waals surface area contributed by atoms with Crippen LogP contribution in [0.1, 0.15) is 13.8 Å². The van der Waals surface area contributed by atoms with E-state index in [0.717, 1.165) is 0 Å². The predicted molar refractivity (Wildman–Crippen MR) is 52.5 cm³/mol. The maximum absolute atomic E-state index is 11.3. The molecule has 7 heteroatoms. The number of nitrogens with one attached hydrogen (secondary N) is 1. The number of hydrogen-bond acceptors (Lipinski definition) is 5. The van der Waals surface area contributed by atoms with Gasteiger partial charge in [0.1, 0.15) is 6.10 Å². The molecule has 0 aromatic heterocycles. The molecule has 0 spiro atoms. The predicted octanol–water partition coefficient (Wildman–Crippen LogP) is -1.86. The Hall–Kier alpha value is -1.47. The van der Waals surface area contributed by atoms with Gasteiger partial charge in [-0.25, -0.2) is 4.79 Å². The molecule has 0 aromatic rings. The molecule has 0 heterocycles. The Morgan fingerprint density at radius 3 is 2.19 bits per heavy atom. The topological polar surface area (TPSA) is 124 Å². The highest BCUT2D eigenvalue weighted by molar-refractivity contribution is 6.33. The lowest BCUT2D eigenvalue weighted by Gasteiger charge is -2.26. The molecule has 0 bridgehead atoms. The van der Waals surface area contributed by atoms with Gasteiger partial charge >= 0.3 is 5.97 Å². The third-order valence-electron chi connectivity index (χ3n) is 2.06. The molecule has 0 aromatic carbocycles. The molecule has 0 fully saturated rings. The van der Waals surface area contributed by atoms with E-state index in [4.69, 9.17) is 10.2 Å². The Kier molecular flexibility index (Phi) is 5.06. The number of aliphatic carboxylic acids is 1. The van der Waals surface area contributed by atoms with Crippen LogP contribution >= 0.6 is 0 Å². The Labute approximate surface area is 92.1 Å².